The summed E-state index contributed by atoms with van der Waals surface area (Å²) in [4.78, 5) is 14.5. The molecule has 1 heterocycles. The first-order valence-corrected chi connectivity index (χ1v) is 8.23. The highest BCUT2D eigenvalue weighted by Gasteiger charge is 2.22. The molecule has 104 valence electrons. The molecule has 0 N–H and O–H groups in total. The summed E-state index contributed by atoms with van der Waals surface area (Å²) in [5.74, 6) is 1.14. The van der Waals surface area contributed by atoms with Gasteiger partial charge >= 0.3 is 0 Å². The van der Waals surface area contributed by atoms with Gasteiger partial charge in [0.05, 0.1) is 11.6 Å². The lowest BCUT2D eigenvalue weighted by molar-refractivity contribution is 0.0933. The molecule has 1 aromatic carbocycles. The monoisotopic (exact) mass is 317 g/mol. The molecule has 1 atom stereocenters. The quantitative estimate of drug-likeness (QED) is 0.783. The number of ketones is 1. The van der Waals surface area contributed by atoms with Crippen molar-refractivity contribution in [3.8, 4) is 0 Å². The number of halogens is 2. The van der Waals surface area contributed by atoms with Crippen molar-refractivity contribution in [2.75, 3.05) is 25.4 Å². The fourth-order valence-electron chi connectivity index (χ4n) is 2.17. The Morgan fingerprint density at radius 2 is 2.26 bits per heavy atom. The molecule has 1 unspecified atom stereocenters. The van der Waals surface area contributed by atoms with E-state index in [0.29, 0.717) is 27.4 Å². The number of hydrogen-bond acceptors (Lipinski definition) is 3. The first kappa shape index (κ1) is 15.2. The van der Waals surface area contributed by atoms with Gasteiger partial charge in [0.1, 0.15) is 0 Å². The van der Waals surface area contributed by atoms with Crippen molar-refractivity contribution in [2.45, 2.75) is 18.6 Å². The minimum absolute atomic E-state index is 0.0502. The van der Waals surface area contributed by atoms with Gasteiger partial charge in [-0.3, -0.25) is 9.69 Å². The molecule has 1 aromatic rings. The molecule has 0 radical (unpaired) electrons. The Balaban J connectivity index is 2.02. The highest BCUT2D eigenvalue weighted by molar-refractivity contribution is 8.00. The number of rotatable bonds is 4. The van der Waals surface area contributed by atoms with Crippen LogP contribution >= 0.6 is 35.0 Å². The van der Waals surface area contributed by atoms with Crippen LogP contribution in [0.15, 0.2) is 18.2 Å². The molecule has 0 aromatic heterocycles. The van der Waals surface area contributed by atoms with E-state index in [9.17, 15) is 4.79 Å². The van der Waals surface area contributed by atoms with Crippen LogP contribution in [0.1, 0.15) is 23.7 Å². The third-order valence-electron chi connectivity index (χ3n) is 3.27. The van der Waals surface area contributed by atoms with E-state index in [1.54, 1.807) is 18.2 Å². The first-order chi connectivity index (χ1) is 9.10. The predicted molar refractivity (Wildman–Crippen MR) is 83.8 cm³/mol. The number of thioether (sulfide) groups is 1. The Bertz CT molecular complexity index is 467. The van der Waals surface area contributed by atoms with Crippen molar-refractivity contribution in [1.29, 1.82) is 0 Å². The number of carbonyl (C=O) groups is 1. The van der Waals surface area contributed by atoms with E-state index in [1.165, 1.54) is 0 Å². The Kier molecular flexibility index (Phi) is 5.58. The SMILES string of the molecule is CCC1CN(CC(=O)c2cc(Cl)ccc2Cl)CCS1. The zero-order chi connectivity index (χ0) is 13.8. The van der Waals surface area contributed by atoms with Crippen LogP contribution in [0.25, 0.3) is 0 Å². The van der Waals surface area contributed by atoms with E-state index in [0.717, 1.165) is 25.3 Å². The normalized spacial score (nSPS) is 20.5. The summed E-state index contributed by atoms with van der Waals surface area (Å²) in [5, 5.41) is 1.66. The maximum absolute atomic E-state index is 12.3. The van der Waals surface area contributed by atoms with Crippen molar-refractivity contribution in [3.05, 3.63) is 33.8 Å². The Morgan fingerprint density at radius 3 is 3.00 bits per heavy atom. The maximum Gasteiger partial charge on any atom is 0.178 e. The summed E-state index contributed by atoms with van der Waals surface area (Å²) in [6.07, 6.45) is 1.15. The van der Waals surface area contributed by atoms with Crippen LogP contribution in [-0.2, 0) is 0 Å². The van der Waals surface area contributed by atoms with Gasteiger partial charge in [0, 0.05) is 34.7 Å². The zero-order valence-electron chi connectivity index (χ0n) is 10.9. The molecule has 2 nitrogen and oxygen atoms in total. The third kappa shape index (κ3) is 4.12. The molecule has 19 heavy (non-hydrogen) atoms. The molecule has 0 spiro atoms. The van der Waals surface area contributed by atoms with Gasteiger partial charge in [-0.15, -0.1) is 0 Å². The van der Waals surface area contributed by atoms with E-state index in [1.807, 2.05) is 11.8 Å². The summed E-state index contributed by atoms with van der Waals surface area (Å²) in [6.45, 7) is 4.56. The first-order valence-electron chi connectivity index (χ1n) is 6.42. The lowest BCUT2D eigenvalue weighted by Crippen LogP contribution is -2.40. The summed E-state index contributed by atoms with van der Waals surface area (Å²) >= 11 is 14.0. The second-order valence-electron chi connectivity index (χ2n) is 4.68. The highest BCUT2D eigenvalue weighted by Crippen LogP contribution is 2.24. The topological polar surface area (TPSA) is 20.3 Å². The Morgan fingerprint density at radius 1 is 1.47 bits per heavy atom. The average molecular weight is 318 g/mol. The molecule has 1 fully saturated rings. The van der Waals surface area contributed by atoms with Crippen molar-refractivity contribution >= 4 is 40.7 Å². The minimum atomic E-state index is 0.0502. The lowest BCUT2D eigenvalue weighted by atomic mass is 10.1. The molecule has 1 aliphatic rings. The lowest BCUT2D eigenvalue weighted by Gasteiger charge is -2.31. The van der Waals surface area contributed by atoms with Crippen LogP contribution in [-0.4, -0.2) is 41.3 Å². The van der Waals surface area contributed by atoms with Crippen molar-refractivity contribution in [1.82, 2.24) is 4.90 Å². The van der Waals surface area contributed by atoms with Crippen LogP contribution in [0.5, 0.6) is 0 Å². The van der Waals surface area contributed by atoms with Crippen molar-refractivity contribution in [3.63, 3.8) is 0 Å². The number of carbonyl (C=O) groups excluding carboxylic acids is 1. The summed E-state index contributed by atoms with van der Waals surface area (Å²) in [7, 11) is 0. The largest absolute Gasteiger partial charge is 0.294 e. The van der Waals surface area contributed by atoms with Gasteiger partial charge < -0.3 is 0 Å². The van der Waals surface area contributed by atoms with Gasteiger partial charge in [-0.25, -0.2) is 0 Å². The molecular weight excluding hydrogens is 301 g/mol. The van der Waals surface area contributed by atoms with Gasteiger partial charge in [0.15, 0.2) is 5.78 Å². The number of benzene rings is 1. The standard InChI is InChI=1S/C14H17Cl2NOS/c1-2-11-8-17(5-6-19-11)9-14(18)12-7-10(15)3-4-13(12)16/h3-4,7,11H,2,5-6,8-9H2,1H3. The molecule has 1 aliphatic heterocycles. The average Bonchev–Trinajstić information content (AvgIpc) is 2.41. The molecule has 0 amide bonds. The Hall–Kier alpha value is -0.220. The maximum atomic E-state index is 12.3. The highest BCUT2D eigenvalue weighted by atomic mass is 35.5. The fourth-order valence-corrected chi connectivity index (χ4v) is 3.81. The molecule has 5 heteroatoms. The smallest absolute Gasteiger partial charge is 0.178 e. The molecule has 1 saturated heterocycles. The molecular formula is C14H17Cl2NOS. The summed E-state index contributed by atoms with van der Waals surface area (Å²) in [6, 6.07) is 5.03. The number of nitrogens with zero attached hydrogens (tertiary/aromatic N) is 1. The summed E-state index contributed by atoms with van der Waals surface area (Å²) < 4.78 is 0. The van der Waals surface area contributed by atoms with E-state index in [-0.39, 0.29) is 5.78 Å². The molecule has 0 bridgehead atoms. The summed E-state index contributed by atoms with van der Waals surface area (Å²) in [5.41, 5.74) is 0.528. The number of Topliss-reactive ketones (excluding diaryl/α,β-unsaturated/α-hetero) is 1. The molecule has 0 aliphatic carbocycles. The van der Waals surface area contributed by atoms with Crippen molar-refractivity contribution < 1.29 is 4.79 Å². The third-order valence-corrected chi connectivity index (χ3v) is 5.21. The van der Waals surface area contributed by atoms with E-state index >= 15 is 0 Å². The van der Waals surface area contributed by atoms with Crippen molar-refractivity contribution in [2.24, 2.45) is 0 Å². The van der Waals surface area contributed by atoms with E-state index in [4.69, 9.17) is 23.2 Å². The second-order valence-corrected chi connectivity index (χ2v) is 6.94. The van der Waals surface area contributed by atoms with Crippen LogP contribution in [0.4, 0.5) is 0 Å². The minimum Gasteiger partial charge on any atom is -0.294 e. The van der Waals surface area contributed by atoms with E-state index < -0.39 is 0 Å². The van der Waals surface area contributed by atoms with Gasteiger partial charge in [0.2, 0.25) is 0 Å². The van der Waals surface area contributed by atoms with Gasteiger partial charge in [0.25, 0.3) is 0 Å². The van der Waals surface area contributed by atoms with Crippen LogP contribution < -0.4 is 0 Å². The fraction of sp³-hybridized carbons (Fsp3) is 0.500. The number of hydrogen-bond donors (Lipinski definition) is 0. The van der Waals surface area contributed by atoms with Crippen LogP contribution in [0.3, 0.4) is 0 Å². The Labute approximate surface area is 128 Å². The van der Waals surface area contributed by atoms with Crippen LogP contribution in [0, 0.1) is 0 Å². The van der Waals surface area contributed by atoms with Gasteiger partial charge in [-0.1, -0.05) is 30.1 Å². The second kappa shape index (κ2) is 6.98. The predicted octanol–water partition coefficient (Wildman–Crippen LogP) is 4.00. The van der Waals surface area contributed by atoms with Gasteiger partial charge in [-0.2, -0.15) is 11.8 Å². The van der Waals surface area contributed by atoms with Gasteiger partial charge in [-0.05, 0) is 24.6 Å². The van der Waals surface area contributed by atoms with Crippen LogP contribution in [0.2, 0.25) is 10.0 Å². The zero-order valence-corrected chi connectivity index (χ0v) is 13.2. The van der Waals surface area contributed by atoms with E-state index in [2.05, 4.69) is 11.8 Å². The molecule has 2 rings (SSSR count). The molecule has 0 saturated carbocycles.